The van der Waals surface area contributed by atoms with E-state index >= 15 is 0 Å². The molecule has 0 unspecified atom stereocenters. The summed E-state index contributed by atoms with van der Waals surface area (Å²) in [6, 6.07) is -0.371. The number of nitrogens with zero attached hydrogens (tertiary/aromatic N) is 5. The molecule has 4 rings (SSSR count). The van der Waals surface area contributed by atoms with Gasteiger partial charge in [0.05, 0.1) is 24.7 Å². The van der Waals surface area contributed by atoms with Crippen LogP contribution >= 0.6 is 0 Å². The van der Waals surface area contributed by atoms with Crippen molar-refractivity contribution in [2.24, 2.45) is 5.92 Å². The summed E-state index contributed by atoms with van der Waals surface area (Å²) < 4.78 is 4.72. The highest BCUT2D eigenvalue weighted by molar-refractivity contribution is 6.12. The molecule has 31 heavy (non-hydrogen) atoms. The van der Waals surface area contributed by atoms with Gasteiger partial charge in [-0.2, -0.15) is 0 Å². The Morgan fingerprint density at radius 3 is 2.55 bits per heavy atom. The third kappa shape index (κ3) is 4.71. The second-order valence-corrected chi connectivity index (χ2v) is 8.85. The molecule has 3 heterocycles. The lowest BCUT2D eigenvalue weighted by atomic mass is 9.83. The molecule has 3 aliphatic rings. The molecule has 2 aliphatic heterocycles. The van der Waals surface area contributed by atoms with Crippen molar-refractivity contribution in [3.05, 3.63) is 17.6 Å². The van der Waals surface area contributed by atoms with Crippen molar-refractivity contribution in [1.82, 2.24) is 19.8 Å². The van der Waals surface area contributed by atoms with Gasteiger partial charge < -0.3 is 9.64 Å². The molecule has 2 fully saturated rings. The number of hydrogen-bond donors (Lipinski definition) is 0. The van der Waals surface area contributed by atoms with Crippen LogP contribution in [0.4, 0.5) is 10.6 Å². The maximum atomic E-state index is 13.1. The maximum Gasteiger partial charge on any atom is 0.333 e. The van der Waals surface area contributed by atoms with Gasteiger partial charge in [-0.1, -0.05) is 0 Å². The van der Waals surface area contributed by atoms with E-state index in [4.69, 9.17) is 9.72 Å². The Balaban J connectivity index is 1.39. The largest absolute Gasteiger partial charge is 0.469 e. The zero-order valence-corrected chi connectivity index (χ0v) is 18.4. The summed E-state index contributed by atoms with van der Waals surface area (Å²) in [5.74, 6) is 0.555. The van der Waals surface area contributed by atoms with Gasteiger partial charge in [0.2, 0.25) is 0 Å². The van der Waals surface area contributed by atoms with Crippen LogP contribution in [0.3, 0.4) is 0 Å². The lowest BCUT2D eigenvalue weighted by molar-refractivity contribution is -0.141. The highest BCUT2D eigenvalue weighted by atomic mass is 16.5. The number of rotatable bonds is 5. The van der Waals surface area contributed by atoms with Crippen LogP contribution < -0.4 is 4.90 Å². The first-order chi connectivity index (χ1) is 15.0. The maximum absolute atomic E-state index is 13.1. The molecular weight excluding hydrogens is 398 g/mol. The van der Waals surface area contributed by atoms with E-state index in [0.29, 0.717) is 18.2 Å². The predicted molar refractivity (Wildman–Crippen MR) is 114 cm³/mol. The number of aromatic nitrogens is 2. The van der Waals surface area contributed by atoms with Gasteiger partial charge in [0.1, 0.15) is 6.54 Å². The number of methoxy groups -OCH3 is 1. The molecule has 3 amide bonds. The smallest absolute Gasteiger partial charge is 0.333 e. The number of urea groups is 1. The van der Waals surface area contributed by atoms with Gasteiger partial charge in [-0.3, -0.25) is 24.4 Å². The lowest BCUT2D eigenvalue weighted by Gasteiger charge is -2.33. The summed E-state index contributed by atoms with van der Waals surface area (Å²) in [7, 11) is 3.49. The molecule has 1 aromatic rings. The van der Waals surface area contributed by atoms with Crippen molar-refractivity contribution >= 4 is 23.7 Å². The fraction of sp³-hybridized carbons (Fsp3) is 0.682. The highest BCUT2D eigenvalue weighted by Crippen LogP contribution is 2.33. The van der Waals surface area contributed by atoms with Gasteiger partial charge in [0.15, 0.2) is 5.82 Å². The second-order valence-electron chi connectivity index (χ2n) is 8.85. The summed E-state index contributed by atoms with van der Waals surface area (Å²) in [6.45, 7) is 1.87. The number of hydrogen-bond acceptors (Lipinski definition) is 7. The van der Waals surface area contributed by atoms with Crippen LogP contribution in [0.5, 0.6) is 0 Å². The lowest BCUT2D eigenvalue weighted by Crippen LogP contribution is -2.43. The average Bonchev–Trinajstić information content (AvgIpc) is 2.95. The van der Waals surface area contributed by atoms with Crippen LogP contribution in [0, 0.1) is 5.92 Å². The number of anilines is 1. The average molecular weight is 430 g/mol. The Hall–Kier alpha value is -2.55. The van der Waals surface area contributed by atoms with E-state index in [1.165, 1.54) is 16.9 Å². The third-order valence-electron chi connectivity index (χ3n) is 6.82. The Morgan fingerprint density at radius 1 is 1.13 bits per heavy atom. The second kappa shape index (κ2) is 9.30. The molecule has 168 valence electrons. The number of amides is 3. The fourth-order valence-corrected chi connectivity index (χ4v) is 4.86. The zero-order chi connectivity index (χ0) is 22.0. The topological polar surface area (TPSA) is 95.9 Å². The number of imide groups is 1. The van der Waals surface area contributed by atoms with Crippen molar-refractivity contribution in [2.45, 2.75) is 57.4 Å². The summed E-state index contributed by atoms with van der Waals surface area (Å²) in [5.41, 5.74) is 1.90. The first-order valence-electron chi connectivity index (χ1n) is 11.2. The Labute approximate surface area is 182 Å². The predicted octanol–water partition coefficient (Wildman–Crippen LogP) is 1.79. The van der Waals surface area contributed by atoms with E-state index in [1.54, 1.807) is 6.20 Å². The van der Waals surface area contributed by atoms with Gasteiger partial charge in [0.25, 0.3) is 5.91 Å². The van der Waals surface area contributed by atoms with Crippen molar-refractivity contribution in [2.75, 3.05) is 38.7 Å². The first kappa shape index (κ1) is 21.7. The van der Waals surface area contributed by atoms with E-state index in [-0.39, 0.29) is 30.5 Å². The van der Waals surface area contributed by atoms with Crippen LogP contribution in [0.25, 0.3) is 0 Å². The molecule has 1 saturated heterocycles. The molecule has 0 bridgehead atoms. The molecule has 9 heteroatoms. The third-order valence-corrected chi connectivity index (χ3v) is 6.82. The number of esters is 1. The number of fused-ring (bicyclic) bond motifs is 1. The Bertz CT molecular complexity index is 852. The SMILES string of the molecule is COC(=O)CCC1CCC(N2C(=O)CN(c3cnc4c(n3)CCN(C)CC4)C2=O)CC1. The standard InChI is InChI=1S/C22H31N5O4/c1-25-11-9-17-18(10-12-25)24-19(13-23-17)26-14-20(28)27(22(26)30)16-6-3-15(4-7-16)5-8-21(29)31-2/h13,15-16H,3-12,14H2,1-2H3. The normalized spacial score (nSPS) is 24.8. The first-order valence-corrected chi connectivity index (χ1v) is 11.2. The molecule has 1 aromatic heterocycles. The van der Waals surface area contributed by atoms with E-state index in [1.807, 2.05) is 0 Å². The molecular formula is C22H31N5O4. The minimum Gasteiger partial charge on any atom is -0.469 e. The van der Waals surface area contributed by atoms with Gasteiger partial charge >= 0.3 is 12.0 Å². The fourth-order valence-electron chi connectivity index (χ4n) is 4.86. The van der Waals surface area contributed by atoms with Crippen molar-refractivity contribution in [3.8, 4) is 0 Å². The Kier molecular flexibility index (Phi) is 6.50. The number of ether oxygens (including phenoxy) is 1. The molecule has 9 nitrogen and oxygen atoms in total. The summed E-state index contributed by atoms with van der Waals surface area (Å²) in [6.07, 6.45) is 7.86. The minimum absolute atomic E-state index is 0.0223. The molecule has 1 aliphatic carbocycles. The molecule has 0 N–H and O–H groups in total. The van der Waals surface area contributed by atoms with E-state index in [2.05, 4.69) is 16.9 Å². The highest BCUT2D eigenvalue weighted by Gasteiger charge is 2.43. The van der Waals surface area contributed by atoms with Crippen LogP contribution in [0.2, 0.25) is 0 Å². The van der Waals surface area contributed by atoms with E-state index < -0.39 is 0 Å². The monoisotopic (exact) mass is 429 g/mol. The van der Waals surface area contributed by atoms with Gasteiger partial charge in [0, 0.05) is 38.4 Å². The Morgan fingerprint density at radius 2 is 1.84 bits per heavy atom. The van der Waals surface area contributed by atoms with Crippen LogP contribution in [-0.2, 0) is 27.2 Å². The van der Waals surface area contributed by atoms with Crippen molar-refractivity contribution < 1.29 is 19.1 Å². The van der Waals surface area contributed by atoms with Gasteiger partial charge in [-0.05, 0) is 45.1 Å². The minimum atomic E-state index is -0.289. The summed E-state index contributed by atoms with van der Waals surface area (Å²) >= 11 is 0. The summed E-state index contributed by atoms with van der Waals surface area (Å²) in [5, 5.41) is 0. The van der Waals surface area contributed by atoms with Crippen LogP contribution in [0.1, 0.15) is 49.9 Å². The summed E-state index contributed by atoms with van der Waals surface area (Å²) in [4.78, 5) is 51.6. The number of likely N-dealkylation sites (N-methyl/N-ethyl adjacent to an activating group) is 1. The van der Waals surface area contributed by atoms with E-state index in [9.17, 15) is 14.4 Å². The molecule has 1 saturated carbocycles. The molecule has 0 spiro atoms. The zero-order valence-electron chi connectivity index (χ0n) is 18.4. The molecule has 0 radical (unpaired) electrons. The van der Waals surface area contributed by atoms with Crippen molar-refractivity contribution in [1.29, 1.82) is 0 Å². The van der Waals surface area contributed by atoms with E-state index in [0.717, 1.165) is 69.4 Å². The van der Waals surface area contributed by atoms with Gasteiger partial charge in [-0.15, -0.1) is 0 Å². The quantitative estimate of drug-likeness (QED) is 0.520. The number of carbonyl (C=O) groups is 3. The number of carbonyl (C=O) groups excluding carboxylic acids is 3. The van der Waals surface area contributed by atoms with Gasteiger partial charge in [-0.25, -0.2) is 9.78 Å². The van der Waals surface area contributed by atoms with Crippen LogP contribution in [0.15, 0.2) is 6.20 Å². The van der Waals surface area contributed by atoms with Crippen LogP contribution in [-0.4, -0.2) is 77.5 Å². The molecule has 0 aromatic carbocycles. The molecule has 0 atom stereocenters. The van der Waals surface area contributed by atoms with Crippen molar-refractivity contribution in [3.63, 3.8) is 0 Å².